The molecule has 2 fully saturated rings. The quantitative estimate of drug-likeness (QED) is 0.347. The molecule has 2 heterocycles. The number of aromatic nitrogens is 2. The molecule has 4 amide bonds. The summed E-state index contributed by atoms with van der Waals surface area (Å²) in [6.07, 6.45) is 3.84. The van der Waals surface area contributed by atoms with Crippen molar-refractivity contribution in [2.24, 2.45) is 17.6 Å². The van der Waals surface area contributed by atoms with E-state index < -0.39 is 35.7 Å². The van der Waals surface area contributed by atoms with Gasteiger partial charge < -0.3 is 26.7 Å². The van der Waals surface area contributed by atoms with Crippen LogP contribution >= 0.6 is 23.2 Å². The van der Waals surface area contributed by atoms with Gasteiger partial charge in [0.15, 0.2) is 5.82 Å². The summed E-state index contributed by atoms with van der Waals surface area (Å²) in [6.45, 7) is 0.594. The van der Waals surface area contributed by atoms with Crippen LogP contribution in [0.4, 0.5) is 0 Å². The summed E-state index contributed by atoms with van der Waals surface area (Å²) in [5.41, 5.74) is 6.28. The summed E-state index contributed by atoms with van der Waals surface area (Å²) in [5.74, 6) is -2.18. The Balaban J connectivity index is 1.47. The first-order valence-corrected chi connectivity index (χ1v) is 12.0. The minimum absolute atomic E-state index is 0.0380. The largest absolute Gasteiger partial charge is 0.368 e. The van der Waals surface area contributed by atoms with Gasteiger partial charge in [-0.2, -0.15) is 0 Å². The Morgan fingerprint density at radius 3 is 2.47 bits per heavy atom. The van der Waals surface area contributed by atoms with E-state index in [0.717, 1.165) is 19.3 Å². The molecule has 0 radical (unpaired) electrons. The van der Waals surface area contributed by atoms with Gasteiger partial charge in [0.25, 0.3) is 5.91 Å². The highest BCUT2D eigenvalue weighted by Crippen LogP contribution is 2.34. The van der Waals surface area contributed by atoms with Crippen molar-refractivity contribution >= 4 is 57.9 Å². The molecule has 10 nitrogen and oxygen atoms in total. The maximum absolute atomic E-state index is 13.1. The zero-order valence-corrected chi connectivity index (χ0v) is 19.8. The Hall–Kier alpha value is -2.85. The van der Waals surface area contributed by atoms with E-state index in [1.165, 1.54) is 0 Å². The number of nitrogens with one attached hydrogen (secondary N) is 4. The minimum Gasteiger partial charge on any atom is -0.368 e. The van der Waals surface area contributed by atoms with E-state index in [2.05, 4.69) is 25.9 Å². The molecule has 0 bridgehead atoms. The molecule has 3 atom stereocenters. The number of rotatable bonds is 9. The summed E-state index contributed by atoms with van der Waals surface area (Å²) in [6, 6.07) is 1.24. The first-order chi connectivity index (χ1) is 16.2. The number of amides is 4. The number of nitrogens with zero attached hydrogens (tertiary/aromatic N) is 1. The van der Waals surface area contributed by atoms with Gasteiger partial charge >= 0.3 is 0 Å². The lowest BCUT2D eigenvalue weighted by atomic mass is 9.91. The SMILES string of the molecule is NC(=O)C(C[C@@H]1CCCNC1=O)NC(=O)C(CC1CC1)NC(=O)c1nc2c(Cl)ccc(Cl)c2[nH]1. The lowest BCUT2D eigenvalue weighted by Gasteiger charge is -2.26. The number of fused-ring (bicyclic) bond motifs is 1. The predicted molar refractivity (Wildman–Crippen MR) is 126 cm³/mol. The van der Waals surface area contributed by atoms with Gasteiger partial charge in [0.05, 0.1) is 15.6 Å². The number of hydrogen-bond acceptors (Lipinski definition) is 5. The number of halogens is 2. The number of aromatic amines is 1. The molecule has 1 saturated heterocycles. The van der Waals surface area contributed by atoms with E-state index in [4.69, 9.17) is 28.9 Å². The van der Waals surface area contributed by atoms with Crippen LogP contribution < -0.4 is 21.7 Å². The number of hydrogen-bond donors (Lipinski definition) is 5. The first kappa shape index (κ1) is 24.3. The fourth-order valence-electron chi connectivity index (χ4n) is 4.14. The van der Waals surface area contributed by atoms with Crippen molar-refractivity contribution < 1.29 is 19.2 Å². The molecule has 34 heavy (non-hydrogen) atoms. The summed E-state index contributed by atoms with van der Waals surface area (Å²) < 4.78 is 0. The van der Waals surface area contributed by atoms with Crippen LogP contribution in [-0.2, 0) is 14.4 Å². The van der Waals surface area contributed by atoms with Crippen LogP contribution in [0, 0.1) is 11.8 Å². The van der Waals surface area contributed by atoms with Crippen molar-refractivity contribution in [2.75, 3.05) is 6.54 Å². The fraction of sp³-hybridized carbons (Fsp3) is 0.500. The highest BCUT2D eigenvalue weighted by molar-refractivity contribution is 6.39. The average Bonchev–Trinajstić information content (AvgIpc) is 3.49. The molecule has 1 aromatic carbocycles. The van der Waals surface area contributed by atoms with Gasteiger partial charge in [-0.05, 0) is 43.7 Å². The normalized spacial score (nSPS) is 19.8. The van der Waals surface area contributed by atoms with Gasteiger partial charge in [-0.15, -0.1) is 0 Å². The number of carbonyl (C=O) groups is 4. The van der Waals surface area contributed by atoms with Crippen LogP contribution in [0.25, 0.3) is 11.0 Å². The number of imidazole rings is 1. The van der Waals surface area contributed by atoms with Gasteiger partial charge in [-0.1, -0.05) is 36.0 Å². The number of carbonyl (C=O) groups excluding carboxylic acids is 4. The number of piperidine rings is 1. The summed E-state index contributed by atoms with van der Waals surface area (Å²) >= 11 is 12.3. The summed E-state index contributed by atoms with van der Waals surface area (Å²) in [5, 5.41) is 8.78. The van der Waals surface area contributed by atoms with Crippen LogP contribution in [-0.4, -0.2) is 52.2 Å². The number of H-pyrrole nitrogens is 1. The molecular formula is C22H26Cl2N6O4. The van der Waals surface area contributed by atoms with E-state index in [1.807, 2.05) is 0 Å². The number of nitrogens with two attached hydrogens (primary N) is 1. The molecule has 2 aromatic rings. The maximum Gasteiger partial charge on any atom is 0.287 e. The molecule has 4 rings (SSSR count). The number of benzene rings is 1. The average molecular weight is 509 g/mol. The van der Waals surface area contributed by atoms with Crippen LogP contribution in [0.3, 0.4) is 0 Å². The van der Waals surface area contributed by atoms with Gasteiger partial charge in [0.2, 0.25) is 17.7 Å². The van der Waals surface area contributed by atoms with Crippen molar-refractivity contribution in [3.8, 4) is 0 Å². The van der Waals surface area contributed by atoms with E-state index >= 15 is 0 Å². The minimum atomic E-state index is -1.02. The lowest BCUT2D eigenvalue weighted by molar-refractivity contribution is -0.131. The van der Waals surface area contributed by atoms with E-state index in [1.54, 1.807) is 12.1 Å². The second kappa shape index (κ2) is 10.2. The van der Waals surface area contributed by atoms with E-state index in [0.29, 0.717) is 46.4 Å². The van der Waals surface area contributed by atoms with Crippen LogP contribution in [0.2, 0.25) is 10.0 Å². The Bertz CT molecular complexity index is 1090. The Kier molecular flexibility index (Phi) is 7.27. The molecule has 2 unspecified atom stereocenters. The Labute approximate surface area is 205 Å². The van der Waals surface area contributed by atoms with Crippen LogP contribution in [0.5, 0.6) is 0 Å². The van der Waals surface area contributed by atoms with Gasteiger partial charge in [0, 0.05) is 12.5 Å². The van der Waals surface area contributed by atoms with E-state index in [9.17, 15) is 19.2 Å². The standard InChI is InChI=1S/C22H26Cl2N6O4/c23-12-5-6-13(24)17-16(12)29-19(30-17)22(34)28-15(8-10-3-4-10)21(33)27-14(18(25)31)9-11-2-1-7-26-20(11)32/h5-6,10-11,14-15H,1-4,7-9H2,(H2,25,31)(H,26,32)(H,27,33)(H,28,34)(H,29,30)/t11-,14?,15?/m0/s1. The summed E-state index contributed by atoms with van der Waals surface area (Å²) in [7, 11) is 0. The zero-order valence-electron chi connectivity index (χ0n) is 18.3. The molecule has 182 valence electrons. The second-order valence-electron chi connectivity index (χ2n) is 8.87. The van der Waals surface area contributed by atoms with Gasteiger partial charge in [0.1, 0.15) is 17.6 Å². The Morgan fingerprint density at radius 2 is 1.82 bits per heavy atom. The second-order valence-corrected chi connectivity index (χ2v) is 9.69. The third-order valence-electron chi connectivity index (χ3n) is 6.23. The molecular weight excluding hydrogens is 483 g/mol. The van der Waals surface area contributed by atoms with Crippen molar-refractivity contribution in [3.05, 3.63) is 28.0 Å². The molecule has 1 saturated carbocycles. The van der Waals surface area contributed by atoms with Gasteiger partial charge in [-0.25, -0.2) is 4.98 Å². The smallest absolute Gasteiger partial charge is 0.287 e. The Morgan fingerprint density at radius 1 is 1.09 bits per heavy atom. The zero-order chi connectivity index (χ0) is 24.4. The molecule has 6 N–H and O–H groups in total. The summed E-state index contributed by atoms with van der Waals surface area (Å²) in [4.78, 5) is 57.2. The lowest BCUT2D eigenvalue weighted by Crippen LogP contribution is -2.54. The molecule has 1 aliphatic carbocycles. The molecule has 1 aromatic heterocycles. The maximum atomic E-state index is 13.1. The van der Waals surface area contributed by atoms with Crippen LogP contribution in [0.1, 0.15) is 49.1 Å². The van der Waals surface area contributed by atoms with E-state index in [-0.39, 0.29) is 18.2 Å². The molecule has 12 heteroatoms. The first-order valence-electron chi connectivity index (χ1n) is 11.2. The van der Waals surface area contributed by atoms with Crippen molar-refractivity contribution in [1.82, 2.24) is 25.9 Å². The topological polar surface area (TPSA) is 159 Å². The van der Waals surface area contributed by atoms with Gasteiger partial charge in [-0.3, -0.25) is 19.2 Å². The third-order valence-corrected chi connectivity index (χ3v) is 6.85. The number of primary amides is 1. The van der Waals surface area contributed by atoms with Crippen molar-refractivity contribution in [1.29, 1.82) is 0 Å². The third kappa shape index (κ3) is 5.61. The van der Waals surface area contributed by atoms with Crippen LogP contribution in [0.15, 0.2) is 12.1 Å². The van der Waals surface area contributed by atoms with Crippen molar-refractivity contribution in [3.63, 3.8) is 0 Å². The molecule has 2 aliphatic rings. The highest BCUT2D eigenvalue weighted by atomic mass is 35.5. The predicted octanol–water partition coefficient (Wildman–Crippen LogP) is 1.65. The highest BCUT2D eigenvalue weighted by Gasteiger charge is 2.34. The molecule has 0 spiro atoms. The molecule has 1 aliphatic heterocycles. The fourth-order valence-corrected chi connectivity index (χ4v) is 4.54. The monoisotopic (exact) mass is 508 g/mol. The van der Waals surface area contributed by atoms with Crippen molar-refractivity contribution in [2.45, 2.75) is 50.6 Å².